The van der Waals surface area contributed by atoms with Gasteiger partial charge in [0.05, 0.1) is 18.9 Å². The molecule has 3 heteroatoms. The van der Waals surface area contributed by atoms with Crippen LogP contribution in [0.5, 0.6) is 11.5 Å². The fourth-order valence-corrected chi connectivity index (χ4v) is 2.97. The zero-order valence-electron chi connectivity index (χ0n) is 16.6. The van der Waals surface area contributed by atoms with E-state index in [0.717, 1.165) is 48.6 Å². The van der Waals surface area contributed by atoms with E-state index < -0.39 is 0 Å². The van der Waals surface area contributed by atoms with Crippen LogP contribution in [0.2, 0.25) is 0 Å². The fourth-order valence-electron chi connectivity index (χ4n) is 2.97. The smallest absolute Gasteiger partial charge is 0.142 e. The largest absolute Gasteiger partial charge is 0.493 e. The van der Waals surface area contributed by atoms with E-state index in [2.05, 4.69) is 48.6 Å². The van der Waals surface area contributed by atoms with Crippen LogP contribution in [0.3, 0.4) is 0 Å². The lowest BCUT2D eigenvalue weighted by atomic mass is 10.1. The first-order chi connectivity index (χ1) is 13.9. The zero-order valence-corrected chi connectivity index (χ0v) is 16.6. The second-order valence-corrected chi connectivity index (χ2v) is 6.74. The molecule has 0 bridgehead atoms. The van der Waals surface area contributed by atoms with Gasteiger partial charge in [-0.15, -0.1) is 0 Å². The summed E-state index contributed by atoms with van der Waals surface area (Å²) < 4.78 is 12.0. The molecular weight excluding hydrogens is 346 g/mol. The van der Waals surface area contributed by atoms with E-state index in [-0.39, 0.29) is 0 Å². The first-order valence-electron chi connectivity index (χ1n) is 10.1. The summed E-state index contributed by atoms with van der Waals surface area (Å²) in [4.78, 5) is 0. The molecule has 0 radical (unpaired) electrons. The molecule has 0 unspecified atom stereocenters. The van der Waals surface area contributed by atoms with Crippen LogP contribution >= 0.6 is 0 Å². The molecule has 3 aromatic carbocycles. The SMILES string of the molecule is CCCCOc1ccccc1NCc1ccccc1OCCc1ccccc1. The summed E-state index contributed by atoms with van der Waals surface area (Å²) in [6.45, 7) is 4.27. The molecule has 0 heterocycles. The van der Waals surface area contributed by atoms with E-state index in [9.17, 15) is 0 Å². The molecule has 0 amide bonds. The van der Waals surface area contributed by atoms with Gasteiger partial charge in [-0.05, 0) is 30.2 Å². The van der Waals surface area contributed by atoms with Crippen molar-refractivity contribution in [2.24, 2.45) is 0 Å². The average Bonchev–Trinajstić information content (AvgIpc) is 2.75. The predicted octanol–water partition coefficient (Wildman–Crippen LogP) is 6.10. The summed E-state index contributed by atoms with van der Waals surface area (Å²) in [5.41, 5.74) is 3.44. The lowest BCUT2D eigenvalue weighted by Crippen LogP contribution is -2.07. The Labute approximate surface area is 168 Å². The van der Waals surface area contributed by atoms with Gasteiger partial charge in [0, 0.05) is 18.5 Å². The van der Waals surface area contributed by atoms with Crippen molar-refractivity contribution in [1.82, 2.24) is 0 Å². The molecular formula is C25H29NO2. The number of para-hydroxylation sites is 3. The second-order valence-electron chi connectivity index (χ2n) is 6.74. The molecule has 0 aliphatic carbocycles. The van der Waals surface area contributed by atoms with Crippen molar-refractivity contribution in [1.29, 1.82) is 0 Å². The molecule has 0 aliphatic heterocycles. The van der Waals surface area contributed by atoms with Gasteiger partial charge in [-0.25, -0.2) is 0 Å². The minimum Gasteiger partial charge on any atom is -0.493 e. The Bertz CT molecular complexity index is 833. The second kappa shape index (κ2) is 11.0. The maximum Gasteiger partial charge on any atom is 0.142 e. The molecule has 0 aromatic heterocycles. The van der Waals surface area contributed by atoms with Gasteiger partial charge in [0.25, 0.3) is 0 Å². The summed E-state index contributed by atoms with van der Waals surface area (Å²) >= 11 is 0. The van der Waals surface area contributed by atoms with Crippen LogP contribution < -0.4 is 14.8 Å². The average molecular weight is 376 g/mol. The van der Waals surface area contributed by atoms with Crippen molar-refractivity contribution >= 4 is 5.69 Å². The normalized spacial score (nSPS) is 10.5. The number of anilines is 1. The van der Waals surface area contributed by atoms with Crippen molar-refractivity contribution in [3.8, 4) is 11.5 Å². The van der Waals surface area contributed by atoms with Crippen LogP contribution in [-0.4, -0.2) is 13.2 Å². The monoisotopic (exact) mass is 375 g/mol. The molecule has 3 rings (SSSR count). The third kappa shape index (κ3) is 6.05. The molecule has 0 saturated carbocycles. The Kier molecular flexibility index (Phi) is 7.80. The Morgan fingerprint density at radius 1 is 0.714 bits per heavy atom. The summed E-state index contributed by atoms with van der Waals surface area (Å²) in [6, 6.07) is 26.7. The van der Waals surface area contributed by atoms with Crippen LogP contribution in [0.25, 0.3) is 0 Å². The Hall–Kier alpha value is -2.94. The van der Waals surface area contributed by atoms with Crippen LogP contribution in [0, 0.1) is 0 Å². The number of unbranched alkanes of at least 4 members (excludes halogenated alkanes) is 1. The lowest BCUT2D eigenvalue weighted by Gasteiger charge is -2.15. The third-order valence-electron chi connectivity index (χ3n) is 4.58. The van der Waals surface area contributed by atoms with E-state index >= 15 is 0 Å². The molecule has 3 aromatic rings. The number of ether oxygens (including phenoxy) is 2. The summed E-state index contributed by atoms with van der Waals surface area (Å²) in [7, 11) is 0. The molecule has 0 aliphatic rings. The van der Waals surface area contributed by atoms with E-state index in [0.29, 0.717) is 13.2 Å². The van der Waals surface area contributed by atoms with Crippen LogP contribution in [0.1, 0.15) is 30.9 Å². The Morgan fingerprint density at radius 3 is 2.21 bits per heavy atom. The minimum absolute atomic E-state index is 0.664. The number of benzene rings is 3. The van der Waals surface area contributed by atoms with E-state index in [4.69, 9.17) is 9.47 Å². The number of hydrogen-bond donors (Lipinski definition) is 1. The third-order valence-corrected chi connectivity index (χ3v) is 4.58. The van der Waals surface area contributed by atoms with Crippen molar-refractivity contribution in [3.63, 3.8) is 0 Å². The highest BCUT2D eigenvalue weighted by Crippen LogP contribution is 2.26. The summed E-state index contributed by atoms with van der Waals surface area (Å²) in [6.07, 6.45) is 3.09. The predicted molar refractivity (Wildman–Crippen MR) is 116 cm³/mol. The maximum absolute atomic E-state index is 6.07. The van der Waals surface area contributed by atoms with Gasteiger partial charge in [-0.3, -0.25) is 0 Å². The molecule has 0 spiro atoms. The van der Waals surface area contributed by atoms with E-state index in [1.54, 1.807) is 0 Å². The minimum atomic E-state index is 0.664. The molecule has 0 fully saturated rings. The number of nitrogens with one attached hydrogen (secondary N) is 1. The molecule has 146 valence electrons. The van der Waals surface area contributed by atoms with Crippen molar-refractivity contribution in [2.45, 2.75) is 32.7 Å². The van der Waals surface area contributed by atoms with Gasteiger partial charge in [-0.2, -0.15) is 0 Å². The van der Waals surface area contributed by atoms with Crippen molar-refractivity contribution in [2.75, 3.05) is 18.5 Å². The highest BCUT2D eigenvalue weighted by Gasteiger charge is 2.06. The number of hydrogen-bond acceptors (Lipinski definition) is 3. The Balaban J connectivity index is 1.58. The lowest BCUT2D eigenvalue weighted by molar-refractivity contribution is 0.310. The first-order valence-corrected chi connectivity index (χ1v) is 10.1. The molecule has 0 atom stereocenters. The van der Waals surface area contributed by atoms with Gasteiger partial charge in [0.2, 0.25) is 0 Å². The molecule has 28 heavy (non-hydrogen) atoms. The highest BCUT2D eigenvalue weighted by molar-refractivity contribution is 5.56. The topological polar surface area (TPSA) is 30.5 Å². The van der Waals surface area contributed by atoms with Crippen LogP contribution in [0.4, 0.5) is 5.69 Å². The number of rotatable bonds is 11. The van der Waals surface area contributed by atoms with Crippen LogP contribution in [0.15, 0.2) is 78.9 Å². The Morgan fingerprint density at radius 2 is 1.39 bits per heavy atom. The maximum atomic E-state index is 6.07. The summed E-state index contributed by atoms with van der Waals surface area (Å²) in [5, 5.41) is 3.50. The fraction of sp³-hybridized carbons (Fsp3) is 0.280. The summed E-state index contributed by atoms with van der Waals surface area (Å²) in [5.74, 6) is 1.83. The van der Waals surface area contributed by atoms with Gasteiger partial charge in [0.1, 0.15) is 11.5 Å². The molecule has 1 N–H and O–H groups in total. The van der Waals surface area contributed by atoms with E-state index in [1.807, 2.05) is 42.5 Å². The quantitative estimate of drug-likeness (QED) is 0.411. The van der Waals surface area contributed by atoms with Crippen molar-refractivity contribution in [3.05, 3.63) is 90.0 Å². The molecule has 3 nitrogen and oxygen atoms in total. The van der Waals surface area contributed by atoms with Gasteiger partial charge in [0.15, 0.2) is 0 Å². The van der Waals surface area contributed by atoms with E-state index in [1.165, 1.54) is 5.56 Å². The highest BCUT2D eigenvalue weighted by atomic mass is 16.5. The zero-order chi connectivity index (χ0) is 19.4. The van der Waals surface area contributed by atoms with Gasteiger partial charge in [-0.1, -0.05) is 74.0 Å². The molecule has 0 saturated heterocycles. The van der Waals surface area contributed by atoms with Gasteiger partial charge >= 0.3 is 0 Å². The standard InChI is InChI=1S/C25H29NO2/c1-2-3-18-27-25-16-10-8-14-23(25)26-20-22-13-7-9-15-24(22)28-19-17-21-11-5-4-6-12-21/h4-16,26H,2-3,17-20H2,1H3. The first kappa shape index (κ1) is 19.8. The van der Waals surface area contributed by atoms with Crippen molar-refractivity contribution < 1.29 is 9.47 Å². The van der Waals surface area contributed by atoms with Gasteiger partial charge < -0.3 is 14.8 Å². The van der Waals surface area contributed by atoms with Crippen LogP contribution in [-0.2, 0) is 13.0 Å².